The summed E-state index contributed by atoms with van der Waals surface area (Å²) in [4.78, 5) is 0. The van der Waals surface area contributed by atoms with Crippen LogP contribution in [0.1, 0.15) is 31.2 Å². The normalized spacial score (nSPS) is 22.6. The van der Waals surface area contributed by atoms with Gasteiger partial charge in [0.05, 0.1) is 20.3 Å². The van der Waals surface area contributed by atoms with Gasteiger partial charge in [-0.1, -0.05) is 18.9 Å². The molecule has 0 spiro atoms. The average Bonchev–Trinajstić information content (AvgIpc) is 2.52. The summed E-state index contributed by atoms with van der Waals surface area (Å²) in [6, 6.07) is 6.37. The number of benzene rings is 1. The van der Waals surface area contributed by atoms with Crippen molar-refractivity contribution in [1.82, 2.24) is 5.32 Å². The molecule has 112 valence electrons. The standard InChI is InChI=1S/C16H25NO3/c1-18-13-9-8-12(16(10-13)20-3)11-17-14-6-4-5-7-15(14)19-2/h8-10,14-15,17H,4-7,11H2,1-3H3/t14-,15-/m0/s1. The number of hydrogen-bond donors (Lipinski definition) is 1. The van der Waals surface area contributed by atoms with Crippen LogP contribution in [0.15, 0.2) is 18.2 Å². The summed E-state index contributed by atoms with van der Waals surface area (Å²) < 4.78 is 16.2. The summed E-state index contributed by atoms with van der Waals surface area (Å²) in [5.74, 6) is 1.68. The smallest absolute Gasteiger partial charge is 0.127 e. The molecule has 1 N–H and O–H groups in total. The minimum atomic E-state index is 0.327. The van der Waals surface area contributed by atoms with Crippen LogP contribution in [0.2, 0.25) is 0 Å². The molecule has 1 saturated carbocycles. The molecule has 0 radical (unpaired) electrons. The Kier molecular flexibility index (Phi) is 5.68. The summed E-state index contributed by atoms with van der Waals surface area (Å²) in [5, 5.41) is 3.61. The zero-order valence-electron chi connectivity index (χ0n) is 12.6. The highest BCUT2D eigenvalue weighted by molar-refractivity contribution is 5.40. The van der Waals surface area contributed by atoms with Gasteiger partial charge in [-0.2, -0.15) is 0 Å². The first-order valence-corrected chi connectivity index (χ1v) is 7.25. The highest BCUT2D eigenvalue weighted by Crippen LogP contribution is 2.26. The lowest BCUT2D eigenvalue weighted by molar-refractivity contribution is 0.0412. The lowest BCUT2D eigenvalue weighted by Crippen LogP contribution is -2.42. The molecule has 0 bridgehead atoms. The van der Waals surface area contributed by atoms with E-state index < -0.39 is 0 Å². The van der Waals surface area contributed by atoms with Gasteiger partial charge >= 0.3 is 0 Å². The van der Waals surface area contributed by atoms with E-state index in [0.717, 1.165) is 30.0 Å². The Morgan fingerprint density at radius 2 is 1.90 bits per heavy atom. The van der Waals surface area contributed by atoms with E-state index in [1.165, 1.54) is 19.3 Å². The number of rotatable bonds is 6. The van der Waals surface area contributed by atoms with Gasteiger partial charge in [0.2, 0.25) is 0 Å². The van der Waals surface area contributed by atoms with Gasteiger partial charge in [0.1, 0.15) is 11.5 Å². The van der Waals surface area contributed by atoms with Gasteiger partial charge in [0.15, 0.2) is 0 Å². The van der Waals surface area contributed by atoms with Crippen molar-refractivity contribution in [2.45, 2.75) is 44.4 Å². The van der Waals surface area contributed by atoms with Gasteiger partial charge in [0, 0.05) is 31.3 Å². The first kappa shape index (κ1) is 15.1. The molecular weight excluding hydrogens is 254 g/mol. The van der Waals surface area contributed by atoms with E-state index >= 15 is 0 Å². The molecule has 2 atom stereocenters. The van der Waals surface area contributed by atoms with Crippen LogP contribution in [0, 0.1) is 0 Å². The van der Waals surface area contributed by atoms with E-state index in [2.05, 4.69) is 11.4 Å². The van der Waals surface area contributed by atoms with Crippen molar-refractivity contribution in [1.29, 1.82) is 0 Å². The largest absolute Gasteiger partial charge is 0.497 e. The van der Waals surface area contributed by atoms with Crippen LogP contribution in [0.25, 0.3) is 0 Å². The molecule has 1 aliphatic rings. The highest BCUT2D eigenvalue weighted by Gasteiger charge is 2.24. The molecule has 20 heavy (non-hydrogen) atoms. The minimum absolute atomic E-state index is 0.327. The van der Waals surface area contributed by atoms with Crippen LogP contribution >= 0.6 is 0 Å². The van der Waals surface area contributed by atoms with E-state index in [9.17, 15) is 0 Å². The SMILES string of the molecule is COc1ccc(CN[C@H]2CCCC[C@@H]2OC)c(OC)c1. The van der Waals surface area contributed by atoms with Crippen molar-refractivity contribution < 1.29 is 14.2 Å². The van der Waals surface area contributed by atoms with Gasteiger partial charge in [-0.3, -0.25) is 0 Å². The summed E-state index contributed by atoms with van der Waals surface area (Å²) in [7, 11) is 5.16. The van der Waals surface area contributed by atoms with E-state index in [0.29, 0.717) is 12.1 Å². The second-order valence-electron chi connectivity index (χ2n) is 5.22. The predicted molar refractivity (Wildman–Crippen MR) is 79.4 cm³/mol. The molecule has 0 aliphatic heterocycles. The Labute approximate surface area is 121 Å². The van der Waals surface area contributed by atoms with Crippen LogP contribution in [-0.2, 0) is 11.3 Å². The molecular formula is C16H25NO3. The summed E-state index contributed by atoms with van der Waals surface area (Å²) in [6.45, 7) is 0.789. The van der Waals surface area contributed by atoms with Crippen LogP contribution in [0.4, 0.5) is 0 Å². The van der Waals surface area contributed by atoms with Crippen LogP contribution in [-0.4, -0.2) is 33.5 Å². The Morgan fingerprint density at radius 3 is 2.60 bits per heavy atom. The molecule has 0 heterocycles. The monoisotopic (exact) mass is 279 g/mol. The molecule has 2 rings (SSSR count). The predicted octanol–water partition coefficient (Wildman–Crippen LogP) is 2.75. The first-order chi connectivity index (χ1) is 9.78. The fourth-order valence-electron chi connectivity index (χ4n) is 2.85. The maximum atomic E-state index is 5.57. The summed E-state index contributed by atoms with van der Waals surface area (Å²) in [6.07, 6.45) is 5.19. The molecule has 1 fully saturated rings. The van der Waals surface area contributed by atoms with Gasteiger partial charge in [-0.05, 0) is 18.9 Å². The molecule has 4 nitrogen and oxygen atoms in total. The Morgan fingerprint density at radius 1 is 1.10 bits per heavy atom. The highest BCUT2D eigenvalue weighted by atomic mass is 16.5. The number of methoxy groups -OCH3 is 3. The van der Waals surface area contributed by atoms with Crippen molar-refractivity contribution in [2.24, 2.45) is 0 Å². The third-order valence-corrected chi connectivity index (χ3v) is 4.05. The third kappa shape index (κ3) is 3.64. The lowest BCUT2D eigenvalue weighted by Gasteiger charge is -2.31. The topological polar surface area (TPSA) is 39.7 Å². The third-order valence-electron chi connectivity index (χ3n) is 4.05. The molecule has 0 amide bonds. The zero-order valence-corrected chi connectivity index (χ0v) is 12.6. The molecule has 0 aromatic heterocycles. The molecule has 1 aromatic rings. The maximum Gasteiger partial charge on any atom is 0.127 e. The van der Waals surface area contributed by atoms with E-state index in [4.69, 9.17) is 14.2 Å². The van der Waals surface area contributed by atoms with Gasteiger partial charge in [-0.15, -0.1) is 0 Å². The van der Waals surface area contributed by atoms with Crippen molar-refractivity contribution in [3.05, 3.63) is 23.8 Å². The molecule has 1 aromatic carbocycles. The summed E-state index contributed by atoms with van der Waals surface area (Å²) in [5.41, 5.74) is 1.15. The minimum Gasteiger partial charge on any atom is -0.497 e. The molecule has 4 heteroatoms. The maximum absolute atomic E-state index is 5.57. The van der Waals surface area contributed by atoms with Gasteiger partial charge < -0.3 is 19.5 Å². The van der Waals surface area contributed by atoms with Gasteiger partial charge in [-0.25, -0.2) is 0 Å². The van der Waals surface area contributed by atoms with Crippen molar-refractivity contribution >= 4 is 0 Å². The Hall–Kier alpha value is -1.26. The Balaban J connectivity index is 1.99. The second-order valence-corrected chi connectivity index (χ2v) is 5.22. The fraction of sp³-hybridized carbons (Fsp3) is 0.625. The van der Waals surface area contributed by atoms with Crippen LogP contribution in [0.3, 0.4) is 0 Å². The first-order valence-electron chi connectivity index (χ1n) is 7.25. The van der Waals surface area contributed by atoms with Crippen LogP contribution in [0.5, 0.6) is 11.5 Å². The zero-order chi connectivity index (χ0) is 14.4. The van der Waals surface area contributed by atoms with E-state index in [1.807, 2.05) is 12.1 Å². The van der Waals surface area contributed by atoms with Crippen molar-refractivity contribution in [2.75, 3.05) is 21.3 Å². The number of nitrogens with one attached hydrogen (secondary N) is 1. The van der Waals surface area contributed by atoms with Crippen LogP contribution < -0.4 is 14.8 Å². The lowest BCUT2D eigenvalue weighted by atomic mass is 9.92. The average molecular weight is 279 g/mol. The van der Waals surface area contributed by atoms with Crippen molar-refractivity contribution in [3.63, 3.8) is 0 Å². The quantitative estimate of drug-likeness (QED) is 0.869. The molecule has 0 saturated heterocycles. The molecule has 0 unspecified atom stereocenters. The second kappa shape index (κ2) is 7.50. The fourth-order valence-corrected chi connectivity index (χ4v) is 2.85. The van der Waals surface area contributed by atoms with Gasteiger partial charge in [0.25, 0.3) is 0 Å². The number of hydrogen-bond acceptors (Lipinski definition) is 4. The number of ether oxygens (including phenoxy) is 3. The summed E-state index contributed by atoms with van der Waals surface area (Å²) >= 11 is 0. The Bertz CT molecular complexity index is 422. The van der Waals surface area contributed by atoms with E-state index in [-0.39, 0.29) is 0 Å². The molecule has 1 aliphatic carbocycles. The van der Waals surface area contributed by atoms with Crippen molar-refractivity contribution in [3.8, 4) is 11.5 Å². The van der Waals surface area contributed by atoms with E-state index in [1.54, 1.807) is 21.3 Å².